The van der Waals surface area contributed by atoms with Crippen LogP contribution in [0.15, 0.2) is 36.4 Å². The van der Waals surface area contributed by atoms with E-state index in [9.17, 15) is 14.4 Å². The second kappa shape index (κ2) is 27.3. The van der Waals surface area contributed by atoms with E-state index in [1.807, 2.05) is 0 Å². The fourth-order valence-electron chi connectivity index (χ4n) is 4.30. The number of hydrogen-bond acceptors (Lipinski definition) is 11. The molecule has 5 N–H and O–H groups in total. The number of nitrogens with one attached hydrogen (secondary N) is 2. The number of benzene rings is 2. The van der Waals surface area contributed by atoms with Gasteiger partial charge in [-0.2, -0.15) is 12.1 Å². The van der Waals surface area contributed by atoms with E-state index in [2.05, 4.69) is 9.42 Å². The number of ether oxygens (including phenoxy) is 6. The topological polar surface area (TPSA) is 249 Å². The first-order valence-corrected chi connectivity index (χ1v) is 18.3. The zero-order valence-corrected chi connectivity index (χ0v) is 32.1. The number of halogens is 1. The fourth-order valence-corrected chi connectivity index (χ4v) is 4.30. The molecule has 16 nitrogen and oxygen atoms in total. The van der Waals surface area contributed by atoms with Gasteiger partial charge in [-0.15, -0.1) is 0 Å². The van der Waals surface area contributed by atoms with Crippen LogP contribution < -0.4 is 23.7 Å². The van der Waals surface area contributed by atoms with Gasteiger partial charge < -0.3 is 55.2 Å². The number of esters is 1. The van der Waals surface area contributed by atoms with Crippen molar-refractivity contribution in [2.24, 2.45) is 0 Å². The summed E-state index contributed by atoms with van der Waals surface area (Å²) in [5, 5.41) is 23.4. The Bertz CT molecular complexity index is 1430. The number of ketones is 1. The van der Waals surface area contributed by atoms with Crippen molar-refractivity contribution in [2.75, 3.05) is 41.7 Å². The Kier molecular flexibility index (Phi) is 25.0. The van der Waals surface area contributed by atoms with Crippen LogP contribution in [0.2, 0.25) is 0 Å². The number of carboxylic acids is 3. The van der Waals surface area contributed by atoms with Gasteiger partial charge in [-0.3, -0.25) is 14.4 Å². The summed E-state index contributed by atoms with van der Waals surface area (Å²) < 4.78 is 31.9. The van der Waals surface area contributed by atoms with E-state index in [-0.39, 0.29) is 50.3 Å². The molecule has 52 heavy (non-hydrogen) atoms. The monoisotopic (exact) mass is 934 g/mol. The number of carboxylic acid groups (broad SMARTS) is 3. The minimum atomic E-state index is -1.82. The van der Waals surface area contributed by atoms with Crippen molar-refractivity contribution in [1.82, 2.24) is 0 Å². The van der Waals surface area contributed by atoms with Crippen LogP contribution >= 0.6 is 9.42 Å². The summed E-state index contributed by atoms with van der Waals surface area (Å²) >= 11 is 1.61. The van der Waals surface area contributed by atoms with Crippen LogP contribution in [0.4, 0.5) is 0 Å². The summed E-state index contributed by atoms with van der Waals surface area (Å²) in [5.41, 5.74) is 15.6. The van der Waals surface area contributed by atoms with Crippen LogP contribution in [0.3, 0.4) is 0 Å². The Hall–Kier alpha value is -4.37. The maximum Gasteiger partial charge on any atom is -0.0548 e. The predicted octanol–water partition coefficient (Wildman–Crippen LogP) is 6.04. The molecule has 2 atom stereocenters. The van der Waals surface area contributed by atoms with E-state index in [1.54, 1.807) is 55.2 Å². The van der Waals surface area contributed by atoms with Crippen molar-refractivity contribution in [3.05, 3.63) is 59.0 Å². The minimum Gasteiger partial charge on any atom is -0.676 e. The van der Waals surface area contributed by atoms with Crippen molar-refractivity contribution in [3.8, 4) is 28.7 Å². The Morgan fingerprint density at radius 1 is 0.769 bits per heavy atom. The van der Waals surface area contributed by atoms with Crippen molar-refractivity contribution in [2.45, 2.75) is 57.0 Å². The van der Waals surface area contributed by atoms with Gasteiger partial charge in [0.05, 0.1) is 28.4 Å². The molecule has 0 unspecified atom stereocenters. The normalized spacial score (nSPS) is 14.4. The SMILES string of the molecule is COc1ccc(/C=C/C(=O)c2cc(OC)c(OC)c(OC)c2)cc1OCCOC(=O)CCCC(=O)O.O=C(O)C(=O)O.[Cl][Pt].[NH-][C@H]1CCCC[C@@H]1[NH-]. The molecule has 0 spiro atoms. The Balaban J connectivity index is 0.00000134. The van der Waals surface area contributed by atoms with Gasteiger partial charge in [0.25, 0.3) is 0 Å². The van der Waals surface area contributed by atoms with Gasteiger partial charge in [-0.1, -0.05) is 37.8 Å². The summed E-state index contributed by atoms with van der Waals surface area (Å²) in [6, 6.07) is 8.11. The zero-order valence-electron chi connectivity index (χ0n) is 29.1. The molecule has 18 heteroatoms. The van der Waals surface area contributed by atoms with Gasteiger partial charge >= 0.3 is 52.1 Å². The first kappa shape index (κ1) is 47.6. The smallest absolute Gasteiger partial charge is 0.0548 e. The molecular formula is C34H44ClN2O14Pt-2. The summed E-state index contributed by atoms with van der Waals surface area (Å²) in [6.45, 7) is 0.0628. The largest absolute Gasteiger partial charge is 0.676 e. The second-order valence-electron chi connectivity index (χ2n) is 10.4. The van der Waals surface area contributed by atoms with Crippen molar-refractivity contribution >= 4 is 45.2 Å². The molecule has 1 fully saturated rings. The van der Waals surface area contributed by atoms with Gasteiger partial charge in [0.15, 0.2) is 28.8 Å². The van der Waals surface area contributed by atoms with Gasteiger partial charge in [-0.05, 0) is 42.3 Å². The Morgan fingerprint density at radius 3 is 1.75 bits per heavy atom. The summed E-state index contributed by atoms with van der Waals surface area (Å²) in [7, 11) is 10.5. The van der Waals surface area contributed by atoms with Gasteiger partial charge in [0, 0.05) is 18.4 Å². The molecule has 2 aromatic carbocycles. The van der Waals surface area contributed by atoms with E-state index < -0.39 is 23.9 Å². The van der Waals surface area contributed by atoms with Crippen LogP contribution in [0.25, 0.3) is 17.5 Å². The molecule has 0 heterocycles. The van der Waals surface area contributed by atoms with E-state index in [0.29, 0.717) is 39.9 Å². The second-order valence-corrected chi connectivity index (χ2v) is 10.4. The van der Waals surface area contributed by atoms with Crippen LogP contribution in [0.1, 0.15) is 60.9 Å². The average Bonchev–Trinajstić information content (AvgIpc) is 3.14. The molecule has 2 aromatic rings. The predicted molar refractivity (Wildman–Crippen MR) is 186 cm³/mol. The third-order valence-electron chi connectivity index (χ3n) is 6.89. The molecule has 0 saturated heterocycles. The third kappa shape index (κ3) is 18.7. The number of aliphatic carboxylic acids is 3. The number of carbonyl (C=O) groups excluding carboxylic acids is 2. The fraction of sp³-hybridized carbons (Fsp3) is 0.441. The van der Waals surface area contributed by atoms with E-state index in [0.717, 1.165) is 12.8 Å². The quantitative estimate of drug-likeness (QED) is 0.0606. The molecule has 0 amide bonds. The first-order valence-electron chi connectivity index (χ1n) is 15.5. The molecule has 1 aliphatic rings. The van der Waals surface area contributed by atoms with Crippen molar-refractivity contribution in [1.29, 1.82) is 0 Å². The zero-order chi connectivity index (χ0) is 39.6. The van der Waals surface area contributed by atoms with Crippen LogP contribution in [-0.2, 0) is 42.7 Å². The third-order valence-corrected chi connectivity index (χ3v) is 6.89. The molecule has 293 valence electrons. The van der Waals surface area contributed by atoms with Crippen LogP contribution in [0.5, 0.6) is 28.7 Å². The molecule has 0 aromatic heterocycles. The molecule has 0 radical (unpaired) electrons. The number of allylic oxidation sites excluding steroid dienone is 1. The van der Waals surface area contributed by atoms with Crippen molar-refractivity contribution in [3.63, 3.8) is 0 Å². The maximum absolute atomic E-state index is 12.8. The van der Waals surface area contributed by atoms with Crippen molar-refractivity contribution < 1.29 is 86.5 Å². The summed E-state index contributed by atoms with van der Waals surface area (Å²) in [6.07, 6.45) is 7.42. The Morgan fingerprint density at radius 2 is 1.31 bits per heavy atom. The standard InChI is InChI=1S/C26H30O10.C6H12N2.C2H2O4.ClH.Pt/c1-31-20-11-9-17(14-21(20)35-12-13-36-25(30)7-5-6-24(28)29)8-10-19(27)18-15-22(32-2)26(34-4)23(16-18)33-3;7-5-3-1-2-4-6(5)8;3-1(4)2(5)6;;/h8-11,14-16H,5-7,12-13H2,1-4H3,(H,28,29);5-8H,1-4H2;(H,3,4)(H,5,6);1H;/q;-2;;;+1/p-1/b10-8+;;;;/t;5-,6-;;;/m.0.../s1. The number of carbonyl (C=O) groups is 5. The average molecular weight is 935 g/mol. The molecule has 0 bridgehead atoms. The molecule has 1 aliphatic carbocycles. The molecule has 1 saturated carbocycles. The number of hydrogen-bond donors (Lipinski definition) is 3. The van der Waals surface area contributed by atoms with E-state index >= 15 is 0 Å². The minimum absolute atomic E-state index is 0.00521. The summed E-state index contributed by atoms with van der Waals surface area (Å²) in [5.74, 6) is -3.37. The maximum atomic E-state index is 12.8. The molecule has 0 aliphatic heterocycles. The van der Waals surface area contributed by atoms with Gasteiger partial charge in [-0.25, -0.2) is 9.59 Å². The number of methoxy groups -OCH3 is 4. The van der Waals surface area contributed by atoms with E-state index in [1.165, 1.54) is 47.4 Å². The molecule has 3 rings (SSSR count). The van der Waals surface area contributed by atoms with Gasteiger partial charge in [0.1, 0.15) is 13.2 Å². The van der Waals surface area contributed by atoms with Gasteiger partial charge in [0.2, 0.25) is 5.75 Å². The van der Waals surface area contributed by atoms with Crippen LogP contribution in [0, 0.1) is 0 Å². The van der Waals surface area contributed by atoms with Crippen LogP contribution in [-0.4, -0.2) is 98.7 Å². The summed E-state index contributed by atoms with van der Waals surface area (Å²) in [4.78, 5) is 53.1. The number of rotatable bonds is 15. The molecular weight excluding hydrogens is 891 g/mol. The Labute approximate surface area is 317 Å². The van der Waals surface area contributed by atoms with E-state index in [4.69, 9.17) is 64.8 Å². The first-order chi connectivity index (χ1) is 24.8.